The van der Waals surface area contributed by atoms with Gasteiger partial charge in [-0.15, -0.1) is 0 Å². The maximum atomic E-state index is 11.0. The summed E-state index contributed by atoms with van der Waals surface area (Å²) < 4.78 is 5.80. The normalized spacial score (nSPS) is 12.6. The molecular weight excluding hydrogens is 258 g/mol. The number of aryl methyl sites for hydroxylation is 1. The highest BCUT2D eigenvalue weighted by Crippen LogP contribution is 2.24. The first-order chi connectivity index (χ1) is 9.23. The van der Waals surface area contributed by atoms with Crippen LogP contribution in [0.3, 0.4) is 0 Å². The van der Waals surface area contributed by atoms with Gasteiger partial charge in [-0.05, 0) is 44.9 Å². The minimum atomic E-state index is -1.05. The van der Waals surface area contributed by atoms with Crippen molar-refractivity contribution in [2.75, 3.05) is 0 Å². The van der Waals surface area contributed by atoms with E-state index < -0.39 is 12.0 Å². The van der Waals surface area contributed by atoms with Crippen LogP contribution in [0.5, 0.6) is 5.75 Å². The van der Waals surface area contributed by atoms with Crippen molar-refractivity contribution in [1.29, 1.82) is 0 Å². The van der Waals surface area contributed by atoms with E-state index in [1.54, 1.807) is 0 Å². The lowest BCUT2D eigenvalue weighted by molar-refractivity contribution is -0.140. The summed E-state index contributed by atoms with van der Waals surface area (Å²) in [6, 6.07) is 4.61. The summed E-state index contributed by atoms with van der Waals surface area (Å²) in [6.07, 6.45) is 0.646. The van der Waals surface area contributed by atoms with Crippen LogP contribution in [0.1, 0.15) is 31.9 Å². The van der Waals surface area contributed by atoms with E-state index in [9.17, 15) is 9.59 Å². The van der Waals surface area contributed by atoms with Gasteiger partial charge in [-0.1, -0.05) is 12.1 Å². The van der Waals surface area contributed by atoms with E-state index in [0.29, 0.717) is 6.41 Å². The molecule has 0 aliphatic heterocycles. The van der Waals surface area contributed by atoms with Crippen molar-refractivity contribution in [2.24, 2.45) is 0 Å². The van der Waals surface area contributed by atoms with Crippen LogP contribution in [0.25, 0.3) is 0 Å². The Bertz CT molecular complexity index is 491. The van der Waals surface area contributed by atoms with Crippen LogP contribution in [0.2, 0.25) is 0 Å². The highest BCUT2D eigenvalue weighted by Gasteiger charge is 2.18. The fraction of sp³-hybridized carbons (Fsp3) is 0.467. The van der Waals surface area contributed by atoms with Gasteiger partial charge in [-0.2, -0.15) is 0 Å². The second-order valence-corrected chi connectivity index (χ2v) is 5.69. The van der Waals surface area contributed by atoms with Crippen molar-refractivity contribution < 1.29 is 19.4 Å². The largest absolute Gasteiger partial charge is 0.488 e. The predicted molar refractivity (Wildman–Crippen MR) is 75.9 cm³/mol. The monoisotopic (exact) mass is 279 g/mol. The van der Waals surface area contributed by atoms with Crippen LogP contribution >= 0.6 is 0 Å². The fourth-order valence-electron chi connectivity index (χ4n) is 1.82. The molecule has 110 valence electrons. The number of benzene rings is 1. The zero-order valence-corrected chi connectivity index (χ0v) is 12.3. The number of rotatable bonds is 6. The third kappa shape index (κ3) is 4.91. The van der Waals surface area contributed by atoms with E-state index in [4.69, 9.17) is 9.84 Å². The van der Waals surface area contributed by atoms with Crippen LogP contribution in [-0.4, -0.2) is 29.1 Å². The average molecular weight is 279 g/mol. The Morgan fingerprint density at radius 1 is 1.45 bits per heavy atom. The standard InChI is InChI=1S/C15H21NO4/c1-10-7-11(8-12(14(18)19)16-9-17)5-6-13(10)20-15(2,3)4/h5-7,9,12H,8H2,1-4H3,(H,16,17)(H,18,19)/t12-/m0/s1. The van der Waals surface area contributed by atoms with E-state index in [1.165, 1.54) is 0 Å². The van der Waals surface area contributed by atoms with Crippen LogP contribution in [0.4, 0.5) is 0 Å². The molecule has 0 radical (unpaired) electrons. The molecule has 5 heteroatoms. The summed E-state index contributed by atoms with van der Waals surface area (Å²) in [6.45, 7) is 7.81. The van der Waals surface area contributed by atoms with Crippen LogP contribution < -0.4 is 10.1 Å². The van der Waals surface area contributed by atoms with Gasteiger partial charge < -0.3 is 15.2 Å². The second kappa shape index (κ2) is 6.41. The molecule has 20 heavy (non-hydrogen) atoms. The number of hydrogen-bond acceptors (Lipinski definition) is 3. The van der Waals surface area contributed by atoms with Gasteiger partial charge in [0.25, 0.3) is 0 Å². The Hall–Kier alpha value is -2.04. The fourth-order valence-corrected chi connectivity index (χ4v) is 1.82. The molecule has 0 saturated carbocycles. The summed E-state index contributed by atoms with van der Waals surface area (Å²) in [4.78, 5) is 21.4. The predicted octanol–water partition coefficient (Wildman–Crippen LogP) is 1.91. The lowest BCUT2D eigenvalue weighted by atomic mass is 10.0. The maximum absolute atomic E-state index is 11.0. The summed E-state index contributed by atoms with van der Waals surface area (Å²) >= 11 is 0. The second-order valence-electron chi connectivity index (χ2n) is 5.69. The molecule has 0 aliphatic rings. The molecule has 0 saturated heterocycles. The molecule has 1 rings (SSSR count). The number of carboxylic acids is 1. The number of carbonyl (C=O) groups is 2. The molecule has 1 amide bonds. The molecule has 1 atom stereocenters. The summed E-state index contributed by atoms with van der Waals surface area (Å²) in [7, 11) is 0. The molecule has 0 aromatic heterocycles. The molecule has 5 nitrogen and oxygen atoms in total. The van der Waals surface area contributed by atoms with Gasteiger partial charge in [0.05, 0.1) is 0 Å². The van der Waals surface area contributed by atoms with E-state index in [-0.39, 0.29) is 12.0 Å². The summed E-state index contributed by atoms with van der Waals surface area (Å²) in [5.41, 5.74) is 1.49. The zero-order chi connectivity index (χ0) is 15.3. The number of carboxylic acid groups (broad SMARTS) is 1. The molecule has 2 N–H and O–H groups in total. The zero-order valence-electron chi connectivity index (χ0n) is 12.3. The number of carbonyl (C=O) groups excluding carboxylic acids is 1. The molecule has 0 heterocycles. The van der Waals surface area contributed by atoms with Crippen LogP contribution in [0.15, 0.2) is 18.2 Å². The van der Waals surface area contributed by atoms with Crippen molar-refractivity contribution in [2.45, 2.75) is 45.8 Å². The Morgan fingerprint density at radius 3 is 2.55 bits per heavy atom. The van der Waals surface area contributed by atoms with E-state index >= 15 is 0 Å². The summed E-state index contributed by atoms with van der Waals surface area (Å²) in [5, 5.41) is 11.3. The first kappa shape index (κ1) is 16.0. The smallest absolute Gasteiger partial charge is 0.326 e. The lowest BCUT2D eigenvalue weighted by Gasteiger charge is -2.23. The van der Waals surface area contributed by atoms with Gasteiger partial charge >= 0.3 is 5.97 Å². The number of aliphatic carboxylic acids is 1. The molecule has 1 aromatic rings. The number of nitrogens with one attached hydrogen (secondary N) is 1. The van der Waals surface area contributed by atoms with Gasteiger partial charge in [0.15, 0.2) is 0 Å². The Labute approximate surface area is 118 Å². The van der Waals surface area contributed by atoms with E-state index in [0.717, 1.165) is 16.9 Å². The van der Waals surface area contributed by atoms with E-state index in [2.05, 4.69) is 5.32 Å². The minimum absolute atomic E-state index is 0.241. The third-order valence-electron chi connectivity index (χ3n) is 2.66. The lowest BCUT2D eigenvalue weighted by Crippen LogP contribution is -2.37. The topological polar surface area (TPSA) is 75.6 Å². The van der Waals surface area contributed by atoms with Gasteiger partial charge in [0.1, 0.15) is 17.4 Å². The van der Waals surface area contributed by atoms with Crippen LogP contribution in [-0.2, 0) is 16.0 Å². The van der Waals surface area contributed by atoms with Crippen molar-refractivity contribution in [3.8, 4) is 5.75 Å². The van der Waals surface area contributed by atoms with Crippen molar-refractivity contribution in [3.63, 3.8) is 0 Å². The molecule has 0 aliphatic carbocycles. The number of amides is 1. The van der Waals surface area contributed by atoms with Crippen LogP contribution in [0, 0.1) is 6.92 Å². The molecule has 0 unspecified atom stereocenters. The van der Waals surface area contributed by atoms with Gasteiger partial charge in [0, 0.05) is 6.42 Å². The number of ether oxygens (including phenoxy) is 1. The van der Waals surface area contributed by atoms with Gasteiger partial charge in [-0.3, -0.25) is 4.79 Å². The molecule has 1 aromatic carbocycles. The minimum Gasteiger partial charge on any atom is -0.488 e. The SMILES string of the molecule is Cc1cc(C[C@H](NC=O)C(=O)O)ccc1OC(C)(C)C. The first-order valence-corrected chi connectivity index (χ1v) is 6.44. The Balaban J connectivity index is 2.86. The molecule has 0 bridgehead atoms. The Kier molecular flexibility index (Phi) is 5.13. The van der Waals surface area contributed by atoms with Crippen molar-refractivity contribution in [3.05, 3.63) is 29.3 Å². The summed E-state index contributed by atoms with van der Waals surface area (Å²) in [5.74, 6) is -0.277. The van der Waals surface area contributed by atoms with Gasteiger partial charge in [-0.25, -0.2) is 4.79 Å². The molecule has 0 fully saturated rings. The quantitative estimate of drug-likeness (QED) is 0.780. The third-order valence-corrected chi connectivity index (χ3v) is 2.66. The molecular formula is C15H21NO4. The first-order valence-electron chi connectivity index (χ1n) is 6.44. The maximum Gasteiger partial charge on any atom is 0.326 e. The highest BCUT2D eigenvalue weighted by atomic mass is 16.5. The van der Waals surface area contributed by atoms with Crippen molar-refractivity contribution >= 4 is 12.4 Å². The van der Waals surface area contributed by atoms with Gasteiger partial charge in [0.2, 0.25) is 6.41 Å². The van der Waals surface area contributed by atoms with E-state index in [1.807, 2.05) is 45.9 Å². The van der Waals surface area contributed by atoms with Crippen molar-refractivity contribution in [1.82, 2.24) is 5.32 Å². The highest BCUT2D eigenvalue weighted by molar-refractivity contribution is 5.76. The Morgan fingerprint density at radius 2 is 2.10 bits per heavy atom. The number of hydrogen-bond donors (Lipinski definition) is 2. The molecule has 0 spiro atoms. The average Bonchev–Trinajstić information content (AvgIpc) is 2.30.